The summed E-state index contributed by atoms with van der Waals surface area (Å²) in [6.07, 6.45) is 1.47. The maximum atomic E-state index is 10.7. The van der Waals surface area contributed by atoms with E-state index in [2.05, 4.69) is 20.9 Å². The number of nitro groups is 1. The number of nitrogens with zero attached hydrogens (tertiary/aromatic N) is 3. The Hall–Kier alpha value is -1.21. The summed E-state index contributed by atoms with van der Waals surface area (Å²) < 4.78 is 0.553. The van der Waals surface area contributed by atoms with E-state index in [1.54, 1.807) is 7.05 Å². The second kappa shape index (κ2) is 4.34. The molecule has 76 valence electrons. The average Bonchev–Trinajstić information content (AvgIpc) is 2.16. The molecule has 7 heteroatoms. The van der Waals surface area contributed by atoms with E-state index in [0.29, 0.717) is 4.47 Å². The van der Waals surface area contributed by atoms with Crippen LogP contribution in [0.1, 0.15) is 0 Å². The number of rotatable bonds is 3. The van der Waals surface area contributed by atoms with Gasteiger partial charge in [-0.3, -0.25) is 15.0 Å². The van der Waals surface area contributed by atoms with E-state index in [-0.39, 0.29) is 11.5 Å². The molecule has 0 aliphatic heterocycles. The van der Waals surface area contributed by atoms with Crippen LogP contribution in [0.25, 0.3) is 0 Å². The molecule has 0 unspecified atom stereocenters. The van der Waals surface area contributed by atoms with Gasteiger partial charge in [-0.25, -0.2) is 10.0 Å². The molecule has 0 bridgehead atoms. The quantitative estimate of drug-likeness (QED) is 0.613. The van der Waals surface area contributed by atoms with Crippen LogP contribution in [0.4, 0.5) is 11.5 Å². The Morgan fingerprint density at radius 1 is 1.71 bits per heavy atom. The van der Waals surface area contributed by atoms with Crippen molar-refractivity contribution in [3.05, 3.63) is 26.9 Å². The third-order valence-electron chi connectivity index (χ3n) is 1.58. The van der Waals surface area contributed by atoms with Crippen molar-refractivity contribution < 1.29 is 9.76 Å². The first-order chi connectivity index (χ1) is 6.56. The molecule has 0 aromatic carbocycles. The van der Waals surface area contributed by atoms with Crippen molar-refractivity contribution in [3.63, 3.8) is 0 Å². The average molecular weight is 262 g/mol. The molecular weight excluding hydrogens is 254 g/mol. The van der Waals surface area contributed by atoms with Gasteiger partial charge in [0.05, 0.1) is 12.0 Å². The minimum Gasteiger partial charge on any atom is -0.275 e. The van der Waals surface area contributed by atoms with E-state index < -0.39 is 4.92 Å². The number of halogens is 1. The SMILES string of the molecule is CON(C)c1ncc(Br)cc1[N+](=O)[O-]. The largest absolute Gasteiger partial charge is 0.314 e. The van der Waals surface area contributed by atoms with E-state index in [4.69, 9.17) is 4.84 Å². The summed E-state index contributed by atoms with van der Waals surface area (Å²) in [6, 6.07) is 1.37. The van der Waals surface area contributed by atoms with Gasteiger partial charge in [-0.1, -0.05) is 0 Å². The molecule has 6 nitrogen and oxygen atoms in total. The maximum absolute atomic E-state index is 10.7. The van der Waals surface area contributed by atoms with Crippen LogP contribution in [0.5, 0.6) is 0 Å². The highest BCUT2D eigenvalue weighted by atomic mass is 79.9. The van der Waals surface area contributed by atoms with Crippen LogP contribution in [-0.4, -0.2) is 24.1 Å². The summed E-state index contributed by atoms with van der Waals surface area (Å²) in [7, 11) is 2.96. The molecule has 0 saturated carbocycles. The first kappa shape index (κ1) is 10.9. The van der Waals surface area contributed by atoms with Crippen LogP contribution >= 0.6 is 15.9 Å². The Morgan fingerprint density at radius 3 is 2.86 bits per heavy atom. The molecule has 0 spiro atoms. The van der Waals surface area contributed by atoms with Crippen LogP contribution in [-0.2, 0) is 4.84 Å². The molecule has 1 aromatic heterocycles. The lowest BCUT2D eigenvalue weighted by atomic mass is 10.4. The third kappa shape index (κ3) is 2.18. The summed E-state index contributed by atoms with van der Waals surface area (Å²) in [6.45, 7) is 0. The Balaban J connectivity index is 3.21. The van der Waals surface area contributed by atoms with Crippen molar-refractivity contribution in [2.24, 2.45) is 0 Å². The van der Waals surface area contributed by atoms with Crippen molar-refractivity contribution in [3.8, 4) is 0 Å². The summed E-state index contributed by atoms with van der Waals surface area (Å²) in [4.78, 5) is 18.8. The van der Waals surface area contributed by atoms with Gasteiger partial charge in [0, 0.05) is 23.8 Å². The summed E-state index contributed by atoms with van der Waals surface area (Å²) in [5.41, 5.74) is -0.108. The Bertz CT molecular complexity index is 358. The van der Waals surface area contributed by atoms with Crippen LogP contribution in [0.2, 0.25) is 0 Å². The highest BCUT2D eigenvalue weighted by Gasteiger charge is 2.19. The number of pyridine rings is 1. The Labute approximate surface area is 88.7 Å². The van der Waals surface area contributed by atoms with Gasteiger partial charge in [0.25, 0.3) is 0 Å². The number of hydrogen-bond donors (Lipinski definition) is 0. The third-order valence-corrected chi connectivity index (χ3v) is 2.02. The highest BCUT2D eigenvalue weighted by Crippen LogP contribution is 2.27. The molecule has 0 aliphatic carbocycles. The lowest BCUT2D eigenvalue weighted by molar-refractivity contribution is -0.384. The topological polar surface area (TPSA) is 68.5 Å². The molecule has 0 atom stereocenters. The number of aromatic nitrogens is 1. The normalized spacial score (nSPS) is 9.93. The summed E-state index contributed by atoms with van der Waals surface area (Å²) >= 11 is 3.11. The monoisotopic (exact) mass is 261 g/mol. The minimum atomic E-state index is -0.511. The first-order valence-corrected chi connectivity index (χ1v) is 4.43. The number of hydrogen-bond acceptors (Lipinski definition) is 5. The predicted molar refractivity (Wildman–Crippen MR) is 54.0 cm³/mol. The van der Waals surface area contributed by atoms with Crippen molar-refractivity contribution in [2.45, 2.75) is 0 Å². The lowest BCUT2D eigenvalue weighted by Crippen LogP contribution is -2.17. The fraction of sp³-hybridized carbons (Fsp3) is 0.286. The molecule has 1 rings (SSSR count). The van der Waals surface area contributed by atoms with Crippen LogP contribution in [0.15, 0.2) is 16.7 Å². The summed E-state index contributed by atoms with van der Waals surface area (Å²) in [5, 5.41) is 11.9. The highest BCUT2D eigenvalue weighted by molar-refractivity contribution is 9.10. The molecular formula is C7H8BrN3O3. The zero-order chi connectivity index (χ0) is 10.7. The maximum Gasteiger partial charge on any atom is 0.314 e. The zero-order valence-corrected chi connectivity index (χ0v) is 9.19. The van der Waals surface area contributed by atoms with Gasteiger partial charge in [-0.05, 0) is 15.9 Å². The fourth-order valence-corrected chi connectivity index (χ4v) is 1.20. The smallest absolute Gasteiger partial charge is 0.275 e. The molecule has 0 aliphatic rings. The molecule has 1 aromatic rings. The molecule has 0 fully saturated rings. The van der Waals surface area contributed by atoms with Gasteiger partial charge < -0.3 is 0 Å². The van der Waals surface area contributed by atoms with Gasteiger partial charge in [-0.2, -0.15) is 0 Å². The molecule has 14 heavy (non-hydrogen) atoms. The van der Waals surface area contributed by atoms with Gasteiger partial charge in [-0.15, -0.1) is 0 Å². The van der Waals surface area contributed by atoms with E-state index in [1.807, 2.05) is 0 Å². The number of anilines is 1. The van der Waals surface area contributed by atoms with Gasteiger partial charge in [0.15, 0.2) is 0 Å². The second-order valence-corrected chi connectivity index (χ2v) is 3.35. The molecule has 0 N–H and O–H groups in total. The van der Waals surface area contributed by atoms with Crippen LogP contribution in [0.3, 0.4) is 0 Å². The Kier molecular flexibility index (Phi) is 3.37. The van der Waals surface area contributed by atoms with E-state index >= 15 is 0 Å². The van der Waals surface area contributed by atoms with Gasteiger partial charge >= 0.3 is 5.69 Å². The van der Waals surface area contributed by atoms with Crippen LogP contribution in [0, 0.1) is 10.1 Å². The van der Waals surface area contributed by atoms with E-state index in [9.17, 15) is 10.1 Å². The zero-order valence-electron chi connectivity index (χ0n) is 7.60. The lowest BCUT2D eigenvalue weighted by Gasteiger charge is -2.13. The Morgan fingerprint density at radius 2 is 2.36 bits per heavy atom. The summed E-state index contributed by atoms with van der Waals surface area (Å²) in [5.74, 6) is 0.167. The molecule has 0 radical (unpaired) electrons. The number of hydroxylamine groups is 1. The molecule has 0 amide bonds. The second-order valence-electron chi connectivity index (χ2n) is 2.43. The standard InChI is InChI=1S/C7H8BrN3O3/c1-10(14-2)7-6(11(12)13)3-5(8)4-9-7/h3-4H,1-2H3. The van der Waals surface area contributed by atoms with Crippen molar-refractivity contribution in [1.82, 2.24) is 4.98 Å². The molecule has 1 heterocycles. The van der Waals surface area contributed by atoms with E-state index in [1.165, 1.54) is 24.4 Å². The fourth-order valence-electron chi connectivity index (χ4n) is 0.885. The minimum absolute atomic E-state index is 0.108. The van der Waals surface area contributed by atoms with Crippen LogP contribution < -0.4 is 5.06 Å². The van der Waals surface area contributed by atoms with Crippen molar-refractivity contribution >= 4 is 27.4 Å². The first-order valence-electron chi connectivity index (χ1n) is 3.64. The molecule has 0 saturated heterocycles. The van der Waals surface area contributed by atoms with Crippen molar-refractivity contribution in [1.29, 1.82) is 0 Å². The predicted octanol–water partition coefficient (Wildman–Crippen LogP) is 1.75. The van der Waals surface area contributed by atoms with Crippen molar-refractivity contribution in [2.75, 3.05) is 19.2 Å². The van der Waals surface area contributed by atoms with Gasteiger partial charge in [0.2, 0.25) is 5.82 Å². The van der Waals surface area contributed by atoms with Gasteiger partial charge in [0.1, 0.15) is 0 Å². The van der Waals surface area contributed by atoms with E-state index in [0.717, 1.165) is 0 Å².